The summed E-state index contributed by atoms with van der Waals surface area (Å²) in [5.74, 6) is -1.29. The lowest BCUT2D eigenvalue weighted by Gasteiger charge is -2.13. The highest BCUT2D eigenvalue weighted by Gasteiger charge is 2.15. The summed E-state index contributed by atoms with van der Waals surface area (Å²) in [6.45, 7) is 3.06. The van der Waals surface area contributed by atoms with Crippen LogP contribution in [0.25, 0.3) is 0 Å². The van der Waals surface area contributed by atoms with Gasteiger partial charge in [-0.1, -0.05) is 0 Å². The maximum atomic E-state index is 10.7. The molecular weight excluding hydrogens is 148 g/mol. The highest BCUT2D eigenvalue weighted by molar-refractivity contribution is 6.27. The molecule has 0 radical (unpaired) electrons. The molecule has 0 saturated heterocycles. The Morgan fingerprint density at radius 3 is 2.45 bits per heavy atom. The minimum atomic E-state index is -0.764. The van der Waals surface area contributed by atoms with E-state index in [9.17, 15) is 9.59 Å². The molecule has 11 heavy (non-hydrogen) atoms. The third-order valence-electron chi connectivity index (χ3n) is 0.868. The summed E-state index contributed by atoms with van der Waals surface area (Å²) < 4.78 is 0. The van der Waals surface area contributed by atoms with Crippen LogP contribution in [0.15, 0.2) is 0 Å². The van der Waals surface area contributed by atoms with Crippen molar-refractivity contribution in [1.82, 2.24) is 5.06 Å². The van der Waals surface area contributed by atoms with Crippen molar-refractivity contribution in [3.8, 4) is 0 Å². The summed E-state index contributed by atoms with van der Waals surface area (Å²) in [7, 11) is 0. The molecule has 0 aromatic rings. The highest BCUT2D eigenvalue weighted by Crippen LogP contribution is 1.90. The number of hydroxylamine groups is 2. The molecule has 0 aliphatic rings. The molecule has 0 spiro atoms. The minimum Gasteiger partial charge on any atom is -0.303 e. The van der Waals surface area contributed by atoms with Crippen LogP contribution in [0.4, 0.5) is 0 Å². The van der Waals surface area contributed by atoms with E-state index in [1.807, 2.05) is 0 Å². The van der Waals surface area contributed by atoms with Crippen molar-refractivity contribution in [2.45, 2.75) is 13.8 Å². The highest BCUT2D eigenvalue weighted by atomic mass is 16.7. The van der Waals surface area contributed by atoms with Crippen LogP contribution in [0.5, 0.6) is 0 Å². The average Bonchev–Trinajstić information content (AvgIpc) is 1.98. The van der Waals surface area contributed by atoms with Gasteiger partial charge in [-0.25, -0.2) is 0 Å². The van der Waals surface area contributed by atoms with E-state index in [0.717, 1.165) is 0 Å². The summed E-state index contributed by atoms with van der Waals surface area (Å²) in [6, 6.07) is 0. The average molecular weight is 158 g/mol. The normalized spacial score (nSPS) is 8.91. The van der Waals surface area contributed by atoms with Crippen molar-refractivity contribution in [3.05, 3.63) is 0 Å². The van der Waals surface area contributed by atoms with Gasteiger partial charge >= 0.3 is 0 Å². The van der Waals surface area contributed by atoms with Gasteiger partial charge in [-0.2, -0.15) is 0 Å². The zero-order valence-corrected chi connectivity index (χ0v) is 6.46. The summed E-state index contributed by atoms with van der Waals surface area (Å²) in [6.07, 6.45) is 0.525. The lowest BCUT2D eigenvalue weighted by atomic mass is 10.6. The van der Waals surface area contributed by atoms with Gasteiger partial charge in [0.1, 0.15) is 0 Å². The number of nitrogens with one attached hydrogen (secondary N) is 1. The van der Waals surface area contributed by atoms with E-state index in [2.05, 4.69) is 4.84 Å². The number of carbonyl (C=O) groups excluding carboxylic acids is 2. The number of rotatable bonds is 3. The van der Waals surface area contributed by atoms with Crippen LogP contribution in [0.1, 0.15) is 13.8 Å². The number of hydrogen-bond donors (Lipinski definition) is 1. The predicted molar refractivity (Wildman–Crippen MR) is 37.9 cm³/mol. The monoisotopic (exact) mass is 158 g/mol. The Hall–Kier alpha value is -1.23. The molecule has 0 heterocycles. The van der Waals surface area contributed by atoms with E-state index >= 15 is 0 Å². The first-order valence-electron chi connectivity index (χ1n) is 3.11. The first-order chi connectivity index (χ1) is 5.13. The second-order valence-electron chi connectivity index (χ2n) is 1.71. The molecule has 0 atom stereocenters. The van der Waals surface area contributed by atoms with E-state index in [1.54, 1.807) is 6.92 Å². The van der Waals surface area contributed by atoms with Crippen molar-refractivity contribution in [2.75, 3.05) is 6.61 Å². The van der Waals surface area contributed by atoms with Gasteiger partial charge < -0.3 is 5.41 Å². The van der Waals surface area contributed by atoms with Crippen LogP contribution in [0.3, 0.4) is 0 Å². The fraction of sp³-hybridized carbons (Fsp3) is 0.500. The molecule has 0 unspecified atom stereocenters. The summed E-state index contributed by atoms with van der Waals surface area (Å²) in [5, 5.41) is 7.11. The van der Waals surface area contributed by atoms with Gasteiger partial charge in [0, 0.05) is 6.92 Å². The Balaban J connectivity index is 4.20. The second kappa shape index (κ2) is 4.56. The molecule has 62 valence electrons. The van der Waals surface area contributed by atoms with Gasteiger partial charge in [0.15, 0.2) is 0 Å². The van der Waals surface area contributed by atoms with Crippen molar-refractivity contribution in [2.24, 2.45) is 0 Å². The van der Waals surface area contributed by atoms with Crippen molar-refractivity contribution in [1.29, 1.82) is 5.41 Å². The number of nitrogens with zero attached hydrogens (tertiary/aromatic N) is 1. The molecule has 0 aliphatic heterocycles. The molecule has 0 aromatic carbocycles. The van der Waals surface area contributed by atoms with Crippen molar-refractivity contribution in [3.63, 3.8) is 0 Å². The zero-order valence-electron chi connectivity index (χ0n) is 6.46. The standard InChI is InChI=1S/C6H10N2O3/c1-3-11-8(5(2)9)6(10)4-7/h4,7H,3H2,1-2H3. The van der Waals surface area contributed by atoms with Crippen LogP contribution >= 0.6 is 0 Å². The first kappa shape index (κ1) is 9.77. The number of amides is 2. The van der Waals surface area contributed by atoms with Crippen LogP contribution in [0, 0.1) is 5.41 Å². The molecule has 0 fully saturated rings. The molecular formula is C6H10N2O3. The third-order valence-corrected chi connectivity index (χ3v) is 0.868. The molecule has 2 amide bonds. The fourth-order valence-electron chi connectivity index (χ4n) is 0.497. The van der Waals surface area contributed by atoms with Crippen molar-refractivity contribution >= 4 is 18.0 Å². The molecule has 1 N–H and O–H groups in total. The van der Waals surface area contributed by atoms with E-state index in [-0.39, 0.29) is 6.61 Å². The fourth-order valence-corrected chi connectivity index (χ4v) is 0.497. The molecule has 0 aliphatic carbocycles. The summed E-state index contributed by atoms with van der Waals surface area (Å²) in [4.78, 5) is 25.9. The van der Waals surface area contributed by atoms with Gasteiger partial charge in [0.2, 0.25) is 0 Å². The minimum absolute atomic E-state index is 0.221. The molecule has 5 nitrogen and oxygen atoms in total. The van der Waals surface area contributed by atoms with Crippen molar-refractivity contribution < 1.29 is 14.4 Å². The Bertz CT molecular complexity index is 179. The van der Waals surface area contributed by atoms with E-state index < -0.39 is 11.8 Å². The Labute approximate surface area is 64.4 Å². The molecule has 0 bridgehead atoms. The maximum absolute atomic E-state index is 10.7. The predicted octanol–water partition coefficient (Wildman–Crippen LogP) is -0.0374. The first-order valence-corrected chi connectivity index (χ1v) is 3.11. The maximum Gasteiger partial charge on any atom is 0.295 e. The van der Waals surface area contributed by atoms with E-state index in [4.69, 9.17) is 5.41 Å². The number of carbonyl (C=O) groups is 2. The number of imide groups is 1. The number of hydrogen-bond acceptors (Lipinski definition) is 4. The molecule has 0 rings (SSSR count). The summed E-state index contributed by atoms with van der Waals surface area (Å²) >= 11 is 0. The van der Waals surface area contributed by atoms with Crippen LogP contribution in [-0.4, -0.2) is 29.7 Å². The molecule has 0 aromatic heterocycles. The summed E-state index contributed by atoms with van der Waals surface area (Å²) in [5.41, 5.74) is 0. The Morgan fingerprint density at radius 1 is 1.64 bits per heavy atom. The largest absolute Gasteiger partial charge is 0.303 e. The SMILES string of the molecule is CCON(C(C)=O)C(=O)C=N. The van der Waals surface area contributed by atoms with Gasteiger partial charge in [-0.15, -0.1) is 5.06 Å². The zero-order chi connectivity index (χ0) is 8.85. The van der Waals surface area contributed by atoms with E-state index in [0.29, 0.717) is 11.3 Å². The van der Waals surface area contributed by atoms with E-state index in [1.165, 1.54) is 6.92 Å². The Morgan fingerprint density at radius 2 is 2.18 bits per heavy atom. The van der Waals surface area contributed by atoms with Crippen LogP contribution in [0.2, 0.25) is 0 Å². The topological polar surface area (TPSA) is 70.5 Å². The van der Waals surface area contributed by atoms with Crippen LogP contribution in [-0.2, 0) is 14.4 Å². The van der Waals surface area contributed by atoms with Gasteiger partial charge in [-0.3, -0.25) is 14.4 Å². The quantitative estimate of drug-likeness (QED) is 0.463. The molecule has 5 heteroatoms. The van der Waals surface area contributed by atoms with Gasteiger partial charge in [0.05, 0.1) is 12.8 Å². The lowest BCUT2D eigenvalue weighted by Crippen LogP contribution is -2.35. The van der Waals surface area contributed by atoms with Gasteiger partial charge in [0.25, 0.3) is 11.8 Å². The third kappa shape index (κ3) is 2.90. The Kier molecular flexibility index (Phi) is 4.05. The van der Waals surface area contributed by atoms with Crippen LogP contribution < -0.4 is 0 Å². The second-order valence-corrected chi connectivity index (χ2v) is 1.71. The lowest BCUT2D eigenvalue weighted by molar-refractivity contribution is -0.187. The smallest absolute Gasteiger partial charge is 0.295 e. The van der Waals surface area contributed by atoms with Gasteiger partial charge in [-0.05, 0) is 6.92 Å². The molecule has 0 saturated carbocycles.